The first-order valence-electron chi connectivity index (χ1n) is 6.19. The number of para-hydroxylation sites is 1. The summed E-state index contributed by atoms with van der Waals surface area (Å²) in [6.45, 7) is 2.21. The molecule has 1 unspecified atom stereocenters. The van der Waals surface area contributed by atoms with E-state index in [2.05, 4.69) is 25.1 Å². The van der Waals surface area contributed by atoms with Crippen molar-refractivity contribution in [2.24, 2.45) is 0 Å². The first-order chi connectivity index (χ1) is 8.78. The molecule has 2 aromatic rings. The van der Waals surface area contributed by atoms with Gasteiger partial charge >= 0.3 is 0 Å². The second-order valence-electron chi connectivity index (χ2n) is 4.26. The predicted molar refractivity (Wildman–Crippen MR) is 121 cm³/mol. The van der Waals surface area contributed by atoms with Gasteiger partial charge in [0.2, 0.25) is 0 Å². The van der Waals surface area contributed by atoms with Crippen LogP contribution in [0.25, 0.3) is 10.2 Å². The van der Waals surface area contributed by atoms with Crippen LogP contribution in [0.4, 0.5) is 0 Å². The van der Waals surface area contributed by atoms with Crippen LogP contribution in [-0.4, -0.2) is 34.6 Å². The smallest absolute Gasteiger partial charge is 0.134 e. The first-order valence-corrected chi connectivity index (χ1v) is 8.64. The number of fused-ring (bicyclic) bond motifs is 1. The van der Waals surface area contributed by atoms with Gasteiger partial charge in [-0.3, -0.25) is 0 Å². The molecule has 9 heteroatoms. The van der Waals surface area contributed by atoms with Gasteiger partial charge in [-0.05, 0) is 18.6 Å². The van der Waals surface area contributed by atoms with Crippen LogP contribution in [0.5, 0.6) is 0 Å². The Kier molecular flexibility index (Phi) is 17.5. The molecule has 0 saturated carbocycles. The highest BCUT2D eigenvalue weighted by atomic mass is 32.1. The molecule has 0 bridgehead atoms. The molecule has 0 fully saturated rings. The van der Waals surface area contributed by atoms with Gasteiger partial charge in [-0.2, -0.15) is 54.0 Å². The zero-order valence-electron chi connectivity index (χ0n) is 13.1. The van der Waals surface area contributed by atoms with E-state index in [9.17, 15) is 0 Å². The minimum atomic E-state index is -0.501. The first kappa shape index (κ1) is 27.5. The molecule has 2 rings (SSSR count). The summed E-state index contributed by atoms with van der Waals surface area (Å²) < 4.78 is 12.0. The zero-order valence-corrected chi connectivity index (χ0v) is 19.3. The number of hydrogen-bond acceptors (Lipinski definition) is 4. The van der Waals surface area contributed by atoms with Crippen molar-refractivity contribution in [1.29, 1.82) is 0 Å². The van der Waals surface area contributed by atoms with Gasteiger partial charge in [-0.15, -0.1) is 11.3 Å². The van der Waals surface area contributed by atoms with Crippen molar-refractivity contribution in [3.8, 4) is 0 Å². The van der Waals surface area contributed by atoms with Crippen LogP contribution < -0.4 is 0 Å². The number of rotatable bonds is 6. The predicted octanol–water partition coefficient (Wildman–Crippen LogP) is 2.94. The number of ether oxygens (including phenoxy) is 2. The van der Waals surface area contributed by atoms with Gasteiger partial charge < -0.3 is 9.47 Å². The van der Waals surface area contributed by atoms with Gasteiger partial charge in [0.05, 0.1) is 15.2 Å². The quantitative estimate of drug-likeness (QED) is 0.535. The van der Waals surface area contributed by atoms with Crippen molar-refractivity contribution in [2.45, 2.75) is 24.8 Å². The van der Waals surface area contributed by atoms with Gasteiger partial charge in [0.1, 0.15) is 15.4 Å². The number of nitrogens with zero attached hydrogens (tertiary/aromatic N) is 1. The second kappa shape index (κ2) is 14.0. The van der Waals surface area contributed by atoms with E-state index in [-0.39, 0.29) is 59.9 Å². The van der Waals surface area contributed by atoms with Crippen LogP contribution in [-0.2, 0) is 9.47 Å². The van der Waals surface area contributed by atoms with E-state index in [0.29, 0.717) is 5.54 Å². The summed E-state index contributed by atoms with van der Waals surface area (Å²) in [5.74, 6) is -0.0121. The van der Waals surface area contributed by atoms with Crippen molar-refractivity contribution in [3.05, 3.63) is 29.3 Å². The number of benzene rings is 1. The van der Waals surface area contributed by atoms with Crippen molar-refractivity contribution < 1.29 is 9.47 Å². The molecular formula is C13H27NO2S5Si. The van der Waals surface area contributed by atoms with Crippen LogP contribution >= 0.6 is 65.3 Å². The molecule has 3 nitrogen and oxygen atoms in total. The van der Waals surface area contributed by atoms with Crippen LogP contribution in [0.3, 0.4) is 0 Å². The molecule has 1 atom stereocenters. The Morgan fingerprint density at radius 2 is 1.68 bits per heavy atom. The van der Waals surface area contributed by atoms with E-state index in [1.165, 1.54) is 9.71 Å². The van der Waals surface area contributed by atoms with Crippen LogP contribution in [0.1, 0.15) is 23.9 Å². The normalized spacial score (nSPS) is 11.5. The Balaban J connectivity index is -0.000000902. The third-order valence-corrected chi connectivity index (χ3v) is 7.23. The van der Waals surface area contributed by atoms with Crippen molar-refractivity contribution in [3.63, 3.8) is 0 Å². The average molecular weight is 418 g/mol. The lowest BCUT2D eigenvalue weighted by Gasteiger charge is -2.18. The van der Waals surface area contributed by atoms with E-state index in [0.717, 1.165) is 11.9 Å². The lowest BCUT2D eigenvalue weighted by Crippen LogP contribution is -2.26. The molecule has 0 aliphatic heterocycles. The molecule has 0 aliphatic carbocycles. The molecule has 0 radical (unpaired) electrons. The summed E-state index contributed by atoms with van der Waals surface area (Å²) in [6.07, 6.45) is 1.11. The van der Waals surface area contributed by atoms with E-state index < -0.39 is 9.52 Å². The Morgan fingerprint density at radius 3 is 2.18 bits per heavy atom. The fourth-order valence-corrected chi connectivity index (χ4v) is 5.11. The number of aromatic nitrogens is 1. The molecule has 0 amide bonds. The fourth-order valence-electron chi connectivity index (χ4n) is 2.03. The third-order valence-electron chi connectivity index (χ3n) is 3.16. The maximum absolute atomic E-state index is 5.34. The summed E-state index contributed by atoms with van der Waals surface area (Å²) in [5.41, 5.74) is 1.64. The van der Waals surface area contributed by atoms with Gasteiger partial charge in [-0.1, -0.05) is 19.1 Å². The molecule has 22 heavy (non-hydrogen) atoms. The molecular weight excluding hydrogens is 391 g/mol. The van der Waals surface area contributed by atoms with Crippen LogP contribution in [0.15, 0.2) is 24.3 Å². The number of methoxy groups -OCH3 is 2. The lowest BCUT2D eigenvalue weighted by atomic mass is 10.3. The topological polar surface area (TPSA) is 31.4 Å². The highest BCUT2D eigenvalue weighted by molar-refractivity contribution is 7.59. The third kappa shape index (κ3) is 7.04. The van der Waals surface area contributed by atoms with Gasteiger partial charge in [-0.25, -0.2) is 4.98 Å². The van der Waals surface area contributed by atoms with Crippen molar-refractivity contribution >= 4 is 85.1 Å². The SMILES string of the molecule is CCC([SiH2]C(OC)OC)c1nc2ccccc2s1.S.S.S.S. The Morgan fingerprint density at radius 1 is 1.09 bits per heavy atom. The summed E-state index contributed by atoms with van der Waals surface area (Å²) in [4.78, 5) is 4.75. The summed E-state index contributed by atoms with van der Waals surface area (Å²) in [6, 6.07) is 8.32. The molecule has 1 heterocycles. The Hall–Kier alpha value is 0.647. The van der Waals surface area contributed by atoms with E-state index in [1.807, 2.05) is 6.07 Å². The Bertz CT molecular complexity index is 477. The largest absolute Gasteiger partial charge is 0.360 e. The number of hydrogen-bond donors (Lipinski definition) is 0. The maximum atomic E-state index is 5.34. The van der Waals surface area contributed by atoms with Gasteiger partial charge in [0.15, 0.2) is 0 Å². The molecule has 0 spiro atoms. The summed E-state index contributed by atoms with van der Waals surface area (Å²) >= 11 is 1.81. The lowest BCUT2D eigenvalue weighted by molar-refractivity contribution is -0.0448. The highest BCUT2D eigenvalue weighted by Gasteiger charge is 2.20. The maximum Gasteiger partial charge on any atom is 0.134 e. The summed E-state index contributed by atoms with van der Waals surface area (Å²) in [5, 5.41) is 1.24. The van der Waals surface area contributed by atoms with Crippen molar-refractivity contribution in [1.82, 2.24) is 4.98 Å². The van der Waals surface area contributed by atoms with Gasteiger partial charge in [0, 0.05) is 19.8 Å². The molecule has 0 aliphatic rings. The molecule has 0 saturated heterocycles. The molecule has 0 N–H and O–H groups in total. The average Bonchev–Trinajstić information content (AvgIpc) is 2.84. The zero-order chi connectivity index (χ0) is 13.0. The monoisotopic (exact) mass is 417 g/mol. The van der Waals surface area contributed by atoms with E-state index in [4.69, 9.17) is 14.5 Å². The number of thiazole rings is 1. The Labute approximate surface area is 167 Å². The minimum absolute atomic E-state index is 0. The molecule has 130 valence electrons. The van der Waals surface area contributed by atoms with E-state index >= 15 is 0 Å². The van der Waals surface area contributed by atoms with Gasteiger partial charge in [0.25, 0.3) is 0 Å². The highest BCUT2D eigenvalue weighted by Crippen LogP contribution is 2.29. The van der Waals surface area contributed by atoms with Crippen LogP contribution in [0, 0.1) is 0 Å². The van der Waals surface area contributed by atoms with Crippen molar-refractivity contribution in [2.75, 3.05) is 14.2 Å². The standard InChI is InChI=1S/C13H19NO2SSi.4H2S/c1-4-11(18-13(15-2)16-3)12-14-9-7-5-6-8-10(9)17-12;;;;/h5-8,11,13H,4,18H2,1-3H3;4*1H2. The minimum Gasteiger partial charge on any atom is -0.360 e. The molecule has 1 aromatic carbocycles. The van der Waals surface area contributed by atoms with Crippen LogP contribution in [0.2, 0.25) is 0 Å². The summed E-state index contributed by atoms with van der Waals surface area (Å²) in [7, 11) is 2.93. The van der Waals surface area contributed by atoms with E-state index in [1.54, 1.807) is 25.6 Å². The second-order valence-corrected chi connectivity index (χ2v) is 7.45. The molecule has 1 aromatic heterocycles. The fraction of sp³-hybridized carbons (Fsp3) is 0.462.